The number of pyridine rings is 1. The summed E-state index contributed by atoms with van der Waals surface area (Å²) in [6.07, 6.45) is 1.85. The lowest BCUT2D eigenvalue weighted by atomic mass is 10.1. The topological polar surface area (TPSA) is 24.9 Å². The SMILES string of the molecule is Cc1ccc(CNC(C)c2cccc(F)c2)nc1. The maximum absolute atomic E-state index is 13.1. The van der Waals surface area contributed by atoms with Crippen LogP contribution in [0.15, 0.2) is 42.6 Å². The van der Waals surface area contributed by atoms with Gasteiger partial charge < -0.3 is 5.32 Å². The maximum atomic E-state index is 13.1. The van der Waals surface area contributed by atoms with Gasteiger partial charge in [0.15, 0.2) is 0 Å². The smallest absolute Gasteiger partial charge is 0.123 e. The third-order valence-electron chi connectivity index (χ3n) is 2.91. The molecule has 3 heteroatoms. The standard InChI is InChI=1S/C15H17FN2/c1-11-6-7-15(18-9-11)10-17-12(2)13-4-3-5-14(16)8-13/h3-9,12,17H,10H2,1-2H3. The average Bonchev–Trinajstić information content (AvgIpc) is 2.38. The molecule has 2 rings (SSSR count). The first-order valence-corrected chi connectivity index (χ1v) is 6.05. The molecule has 1 aromatic heterocycles. The number of rotatable bonds is 4. The number of nitrogens with one attached hydrogen (secondary N) is 1. The van der Waals surface area contributed by atoms with Crippen LogP contribution in [-0.2, 0) is 6.54 Å². The summed E-state index contributed by atoms with van der Waals surface area (Å²) in [7, 11) is 0. The molecule has 2 nitrogen and oxygen atoms in total. The zero-order valence-corrected chi connectivity index (χ0v) is 10.7. The monoisotopic (exact) mass is 244 g/mol. The van der Waals surface area contributed by atoms with Crippen LogP contribution in [-0.4, -0.2) is 4.98 Å². The van der Waals surface area contributed by atoms with E-state index < -0.39 is 0 Å². The Morgan fingerprint density at radius 1 is 1.28 bits per heavy atom. The van der Waals surface area contributed by atoms with Crippen LogP contribution in [0, 0.1) is 12.7 Å². The van der Waals surface area contributed by atoms with E-state index in [0.717, 1.165) is 16.8 Å². The molecular formula is C15H17FN2. The fourth-order valence-corrected chi connectivity index (χ4v) is 1.75. The van der Waals surface area contributed by atoms with Gasteiger partial charge in [0, 0.05) is 18.8 Å². The summed E-state index contributed by atoms with van der Waals surface area (Å²) < 4.78 is 13.1. The largest absolute Gasteiger partial charge is 0.305 e. The van der Waals surface area contributed by atoms with E-state index in [1.807, 2.05) is 38.2 Å². The van der Waals surface area contributed by atoms with E-state index in [1.165, 1.54) is 6.07 Å². The molecule has 0 aliphatic carbocycles. The van der Waals surface area contributed by atoms with E-state index in [9.17, 15) is 4.39 Å². The van der Waals surface area contributed by atoms with Crippen molar-refractivity contribution in [1.82, 2.24) is 10.3 Å². The number of halogens is 1. The Morgan fingerprint density at radius 2 is 2.11 bits per heavy atom. The minimum atomic E-state index is -0.199. The molecule has 94 valence electrons. The van der Waals surface area contributed by atoms with Crippen molar-refractivity contribution in [3.8, 4) is 0 Å². The zero-order valence-electron chi connectivity index (χ0n) is 10.7. The molecule has 0 bridgehead atoms. The van der Waals surface area contributed by atoms with Gasteiger partial charge in [0.05, 0.1) is 5.69 Å². The molecule has 1 atom stereocenters. The van der Waals surface area contributed by atoms with Crippen molar-refractivity contribution >= 4 is 0 Å². The minimum Gasteiger partial charge on any atom is -0.305 e. The van der Waals surface area contributed by atoms with E-state index in [4.69, 9.17) is 0 Å². The predicted octanol–water partition coefficient (Wildman–Crippen LogP) is 3.38. The van der Waals surface area contributed by atoms with Crippen molar-refractivity contribution in [3.05, 3.63) is 65.2 Å². The highest BCUT2D eigenvalue weighted by Gasteiger charge is 2.05. The normalized spacial score (nSPS) is 12.4. The third kappa shape index (κ3) is 3.37. The van der Waals surface area contributed by atoms with E-state index in [1.54, 1.807) is 12.1 Å². The molecule has 0 fully saturated rings. The second kappa shape index (κ2) is 5.74. The van der Waals surface area contributed by atoms with Crippen LogP contribution in [0.25, 0.3) is 0 Å². The number of benzene rings is 1. The Bertz CT molecular complexity index is 508. The van der Waals surface area contributed by atoms with E-state index in [0.29, 0.717) is 6.54 Å². The fraction of sp³-hybridized carbons (Fsp3) is 0.267. The number of hydrogen-bond acceptors (Lipinski definition) is 2. The molecule has 0 saturated carbocycles. The highest BCUT2D eigenvalue weighted by atomic mass is 19.1. The number of nitrogens with zero attached hydrogens (tertiary/aromatic N) is 1. The molecule has 2 aromatic rings. The van der Waals surface area contributed by atoms with Crippen molar-refractivity contribution < 1.29 is 4.39 Å². The van der Waals surface area contributed by atoms with Crippen LogP contribution < -0.4 is 5.32 Å². The quantitative estimate of drug-likeness (QED) is 0.891. The van der Waals surface area contributed by atoms with Crippen molar-refractivity contribution in [1.29, 1.82) is 0 Å². The molecular weight excluding hydrogens is 227 g/mol. The van der Waals surface area contributed by atoms with Gasteiger partial charge in [-0.05, 0) is 43.2 Å². The fourth-order valence-electron chi connectivity index (χ4n) is 1.75. The Kier molecular flexibility index (Phi) is 4.05. The summed E-state index contributed by atoms with van der Waals surface area (Å²) in [5, 5.41) is 3.33. The van der Waals surface area contributed by atoms with Crippen LogP contribution in [0.4, 0.5) is 4.39 Å². The summed E-state index contributed by atoms with van der Waals surface area (Å²) in [5.41, 5.74) is 3.09. The first-order chi connectivity index (χ1) is 8.65. The summed E-state index contributed by atoms with van der Waals surface area (Å²) in [5.74, 6) is -0.199. The lowest BCUT2D eigenvalue weighted by molar-refractivity contribution is 0.559. The lowest BCUT2D eigenvalue weighted by Gasteiger charge is -2.14. The summed E-state index contributed by atoms with van der Waals surface area (Å²) in [6, 6.07) is 10.8. The highest BCUT2D eigenvalue weighted by molar-refractivity contribution is 5.20. The van der Waals surface area contributed by atoms with Crippen molar-refractivity contribution in [3.63, 3.8) is 0 Å². The summed E-state index contributed by atoms with van der Waals surface area (Å²) in [4.78, 5) is 4.32. The zero-order chi connectivity index (χ0) is 13.0. The van der Waals surface area contributed by atoms with Gasteiger partial charge >= 0.3 is 0 Å². The summed E-state index contributed by atoms with van der Waals surface area (Å²) in [6.45, 7) is 4.71. The molecule has 0 aliphatic rings. The second-order valence-electron chi connectivity index (χ2n) is 4.48. The molecule has 18 heavy (non-hydrogen) atoms. The van der Waals surface area contributed by atoms with Gasteiger partial charge in [-0.15, -0.1) is 0 Å². The van der Waals surface area contributed by atoms with Gasteiger partial charge in [-0.1, -0.05) is 18.2 Å². The van der Waals surface area contributed by atoms with Crippen molar-refractivity contribution in [2.75, 3.05) is 0 Å². The van der Waals surface area contributed by atoms with Gasteiger partial charge in [-0.2, -0.15) is 0 Å². The van der Waals surface area contributed by atoms with Crippen LogP contribution in [0.1, 0.15) is 29.8 Å². The number of hydrogen-bond donors (Lipinski definition) is 1. The molecule has 1 unspecified atom stereocenters. The van der Waals surface area contributed by atoms with Crippen molar-refractivity contribution in [2.24, 2.45) is 0 Å². The van der Waals surface area contributed by atoms with Crippen LogP contribution in [0.5, 0.6) is 0 Å². The molecule has 0 radical (unpaired) electrons. The molecule has 1 heterocycles. The Morgan fingerprint density at radius 3 is 2.78 bits per heavy atom. The van der Waals surface area contributed by atoms with Crippen molar-refractivity contribution in [2.45, 2.75) is 26.4 Å². The maximum Gasteiger partial charge on any atom is 0.123 e. The number of aromatic nitrogens is 1. The van der Waals surface area contributed by atoms with Gasteiger partial charge in [-0.25, -0.2) is 4.39 Å². The van der Waals surface area contributed by atoms with Crippen LogP contribution in [0.2, 0.25) is 0 Å². The first-order valence-electron chi connectivity index (χ1n) is 6.05. The Labute approximate surface area is 107 Å². The minimum absolute atomic E-state index is 0.101. The van der Waals surface area contributed by atoms with E-state index in [2.05, 4.69) is 10.3 Å². The molecule has 0 saturated heterocycles. The molecule has 0 amide bonds. The van der Waals surface area contributed by atoms with Crippen LogP contribution >= 0.6 is 0 Å². The third-order valence-corrected chi connectivity index (χ3v) is 2.91. The first kappa shape index (κ1) is 12.7. The van der Waals surface area contributed by atoms with E-state index in [-0.39, 0.29) is 11.9 Å². The van der Waals surface area contributed by atoms with Gasteiger partial charge in [0.1, 0.15) is 5.82 Å². The Balaban J connectivity index is 1.96. The van der Waals surface area contributed by atoms with Gasteiger partial charge in [-0.3, -0.25) is 4.98 Å². The molecule has 1 aromatic carbocycles. The lowest BCUT2D eigenvalue weighted by Crippen LogP contribution is -2.18. The molecule has 0 aliphatic heterocycles. The van der Waals surface area contributed by atoms with Gasteiger partial charge in [0.25, 0.3) is 0 Å². The molecule has 0 spiro atoms. The average molecular weight is 244 g/mol. The van der Waals surface area contributed by atoms with Crippen LogP contribution in [0.3, 0.4) is 0 Å². The predicted molar refractivity (Wildman–Crippen MR) is 70.6 cm³/mol. The highest BCUT2D eigenvalue weighted by Crippen LogP contribution is 2.13. The van der Waals surface area contributed by atoms with Gasteiger partial charge in [0.2, 0.25) is 0 Å². The number of aryl methyl sites for hydroxylation is 1. The second-order valence-corrected chi connectivity index (χ2v) is 4.48. The molecule has 1 N–H and O–H groups in total. The summed E-state index contributed by atoms with van der Waals surface area (Å²) >= 11 is 0. The van der Waals surface area contributed by atoms with E-state index >= 15 is 0 Å². The Hall–Kier alpha value is -1.74.